The Morgan fingerprint density at radius 3 is 1.77 bits per heavy atom. The van der Waals surface area contributed by atoms with Crippen molar-refractivity contribution in [1.29, 1.82) is 0 Å². The third-order valence-electron chi connectivity index (χ3n) is 6.37. The minimum atomic E-state index is -2.21. The summed E-state index contributed by atoms with van der Waals surface area (Å²) < 4.78 is 19.1. The van der Waals surface area contributed by atoms with E-state index in [2.05, 4.69) is 90.3 Å². The van der Waals surface area contributed by atoms with E-state index in [-0.39, 0.29) is 10.1 Å². The first-order valence-electron chi connectivity index (χ1n) is 10.3. The van der Waals surface area contributed by atoms with E-state index < -0.39 is 22.6 Å². The van der Waals surface area contributed by atoms with E-state index in [1.165, 1.54) is 7.11 Å². The van der Waals surface area contributed by atoms with Crippen LogP contribution in [0.15, 0.2) is 6.07 Å². The number of ether oxygens (including phenoxy) is 1. The topological polar surface area (TPSA) is 44.8 Å². The van der Waals surface area contributed by atoms with Gasteiger partial charge < -0.3 is 13.6 Å². The SMILES string of the molecule is COC(=O)c1c(O[Si](C)(C)C(C)(C)C)cc(O[Si](C)(C)C(C)(C)C)c(Cl)c1CCI. The van der Waals surface area contributed by atoms with E-state index in [0.717, 1.165) is 9.99 Å². The van der Waals surface area contributed by atoms with Crippen LogP contribution in [0.1, 0.15) is 57.5 Å². The third-order valence-corrected chi connectivity index (χ3v) is 16.0. The molecule has 0 atom stereocenters. The lowest BCUT2D eigenvalue weighted by Gasteiger charge is -2.39. The molecule has 0 spiro atoms. The molecule has 0 amide bonds. The van der Waals surface area contributed by atoms with E-state index in [4.69, 9.17) is 25.2 Å². The van der Waals surface area contributed by atoms with Crippen LogP contribution in [0.25, 0.3) is 0 Å². The summed E-state index contributed by atoms with van der Waals surface area (Å²) in [4.78, 5) is 12.8. The normalized spacial score (nSPS) is 13.2. The van der Waals surface area contributed by atoms with Gasteiger partial charge in [-0.2, -0.15) is 0 Å². The quantitative estimate of drug-likeness (QED) is 0.142. The lowest BCUT2D eigenvalue weighted by atomic mass is 10.0. The molecule has 0 aliphatic carbocycles. The van der Waals surface area contributed by atoms with Crippen LogP contribution in [0.4, 0.5) is 0 Å². The van der Waals surface area contributed by atoms with Crippen LogP contribution in [0.2, 0.25) is 41.3 Å². The summed E-state index contributed by atoms with van der Waals surface area (Å²) in [6.45, 7) is 21.8. The Bertz CT molecular complexity index is 781. The Morgan fingerprint density at radius 2 is 1.40 bits per heavy atom. The van der Waals surface area contributed by atoms with Crippen LogP contribution in [-0.4, -0.2) is 34.1 Å². The standard InChI is InChI=1S/C22H38ClIO4Si2/c1-21(2,3)29(8,9)27-16-14-17(28-30(10,11)22(4,5)6)19(23)15(12-13-24)18(16)20(25)26-7/h14H,12-13H2,1-11H3. The summed E-state index contributed by atoms with van der Waals surface area (Å²) in [6.07, 6.45) is 0.631. The van der Waals surface area contributed by atoms with Crippen molar-refractivity contribution in [3.63, 3.8) is 0 Å². The number of methoxy groups -OCH3 is 1. The maximum atomic E-state index is 12.8. The summed E-state index contributed by atoms with van der Waals surface area (Å²) in [5, 5.41) is 0.477. The van der Waals surface area contributed by atoms with Gasteiger partial charge in [0.05, 0.1) is 12.1 Å². The van der Waals surface area contributed by atoms with Crippen molar-refractivity contribution in [1.82, 2.24) is 0 Å². The maximum Gasteiger partial charge on any atom is 0.341 e. The van der Waals surface area contributed by atoms with E-state index in [1.54, 1.807) is 0 Å². The van der Waals surface area contributed by atoms with Gasteiger partial charge in [-0.15, -0.1) is 0 Å². The molecule has 0 saturated heterocycles. The zero-order valence-electron chi connectivity index (χ0n) is 20.4. The van der Waals surface area contributed by atoms with Gasteiger partial charge in [0.15, 0.2) is 0 Å². The largest absolute Gasteiger partial charge is 0.543 e. The fourth-order valence-corrected chi connectivity index (χ4v) is 5.25. The fraction of sp³-hybridized carbons (Fsp3) is 0.682. The second-order valence-electron chi connectivity index (χ2n) is 10.7. The molecule has 0 saturated carbocycles. The third kappa shape index (κ3) is 6.16. The van der Waals surface area contributed by atoms with Crippen molar-refractivity contribution in [3.8, 4) is 11.5 Å². The number of hydrogen-bond donors (Lipinski definition) is 0. The van der Waals surface area contributed by atoms with Gasteiger partial charge in [-0.25, -0.2) is 4.79 Å². The Morgan fingerprint density at radius 1 is 0.967 bits per heavy atom. The van der Waals surface area contributed by atoms with E-state index in [0.29, 0.717) is 28.5 Å². The number of hydrogen-bond acceptors (Lipinski definition) is 4. The second-order valence-corrected chi connectivity index (χ2v) is 21.6. The molecule has 172 valence electrons. The highest BCUT2D eigenvalue weighted by atomic mass is 127. The summed E-state index contributed by atoms with van der Waals surface area (Å²) in [6, 6.07) is 1.81. The maximum absolute atomic E-state index is 12.8. The van der Waals surface area contributed by atoms with Crippen molar-refractivity contribution in [2.45, 2.75) is 84.2 Å². The summed E-state index contributed by atoms with van der Waals surface area (Å²) in [7, 11) is -2.97. The first kappa shape index (κ1) is 27.8. The van der Waals surface area contributed by atoms with Gasteiger partial charge in [-0.05, 0) is 48.2 Å². The minimum Gasteiger partial charge on any atom is -0.543 e. The molecule has 1 aromatic carbocycles. The van der Waals surface area contributed by atoms with Gasteiger partial charge in [-0.1, -0.05) is 75.7 Å². The van der Waals surface area contributed by atoms with Crippen molar-refractivity contribution in [3.05, 3.63) is 22.2 Å². The Labute approximate surface area is 203 Å². The molecular weight excluding hydrogens is 547 g/mol. The number of halogens is 2. The number of carbonyl (C=O) groups is 1. The van der Waals surface area contributed by atoms with Crippen molar-refractivity contribution < 1.29 is 18.4 Å². The molecule has 8 heteroatoms. The molecule has 0 heterocycles. The Hall–Kier alpha value is -0.256. The average Bonchev–Trinajstić information content (AvgIpc) is 2.56. The first-order valence-corrected chi connectivity index (χ1v) is 18.0. The first-order chi connectivity index (χ1) is 13.4. The van der Waals surface area contributed by atoms with Gasteiger partial charge in [0.25, 0.3) is 16.6 Å². The number of benzene rings is 1. The van der Waals surface area contributed by atoms with Crippen molar-refractivity contribution in [2.24, 2.45) is 0 Å². The summed E-state index contributed by atoms with van der Waals surface area (Å²) in [5.74, 6) is 0.695. The monoisotopic (exact) mass is 584 g/mol. The molecule has 0 bridgehead atoms. The van der Waals surface area contributed by atoms with E-state index >= 15 is 0 Å². The molecule has 4 nitrogen and oxygen atoms in total. The van der Waals surface area contributed by atoms with Crippen molar-refractivity contribution in [2.75, 3.05) is 11.5 Å². The molecule has 30 heavy (non-hydrogen) atoms. The molecule has 0 fully saturated rings. The minimum absolute atomic E-state index is 0.0151. The highest BCUT2D eigenvalue weighted by Gasteiger charge is 2.42. The zero-order chi connectivity index (χ0) is 23.7. The van der Waals surface area contributed by atoms with E-state index in [1.807, 2.05) is 6.07 Å². The van der Waals surface area contributed by atoms with Crippen LogP contribution in [0.3, 0.4) is 0 Å². The lowest BCUT2D eigenvalue weighted by molar-refractivity contribution is 0.0597. The zero-order valence-corrected chi connectivity index (χ0v) is 25.3. The van der Waals surface area contributed by atoms with Crippen molar-refractivity contribution >= 4 is 56.8 Å². The number of esters is 1. The van der Waals surface area contributed by atoms with Gasteiger partial charge in [-0.3, -0.25) is 0 Å². The average molecular weight is 585 g/mol. The predicted molar refractivity (Wildman–Crippen MR) is 141 cm³/mol. The van der Waals surface area contributed by atoms with E-state index in [9.17, 15) is 4.79 Å². The van der Waals surface area contributed by atoms with Gasteiger partial charge in [0.2, 0.25) is 0 Å². The van der Waals surface area contributed by atoms with Crippen LogP contribution in [-0.2, 0) is 11.2 Å². The molecule has 0 aromatic heterocycles. The van der Waals surface area contributed by atoms with Crippen LogP contribution < -0.4 is 8.85 Å². The molecule has 1 aromatic rings. The molecular formula is C22H38ClIO4Si2. The molecule has 0 radical (unpaired) electrons. The predicted octanol–water partition coefficient (Wildman–Crippen LogP) is 7.87. The van der Waals surface area contributed by atoms with Gasteiger partial charge in [0, 0.05) is 10.5 Å². The van der Waals surface area contributed by atoms with Crippen LogP contribution in [0, 0.1) is 0 Å². The molecule has 0 unspecified atom stereocenters. The number of rotatable bonds is 7. The van der Waals surface area contributed by atoms with Crippen LogP contribution in [0.5, 0.6) is 11.5 Å². The van der Waals surface area contributed by atoms with Gasteiger partial charge in [0.1, 0.15) is 17.1 Å². The summed E-state index contributed by atoms with van der Waals surface area (Å²) in [5.41, 5.74) is 1.16. The fourth-order valence-electron chi connectivity index (χ4n) is 2.33. The Balaban J connectivity index is 3.79. The molecule has 0 N–H and O–H groups in total. The van der Waals surface area contributed by atoms with Gasteiger partial charge >= 0.3 is 5.97 Å². The van der Waals surface area contributed by atoms with Crippen LogP contribution >= 0.6 is 34.2 Å². The molecule has 1 rings (SSSR count). The second kappa shape index (κ2) is 9.71. The molecule has 0 aliphatic rings. The smallest absolute Gasteiger partial charge is 0.341 e. The highest BCUT2D eigenvalue weighted by molar-refractivity contribution is 14.1. The Kier molecular flexibility index (Phi) is 8.99. The number of carbonyl (C=O) groups excluding carboxylic acids is 1. The summed E-state index contributed by atoms with van der Waals surface area (Å²) >= 11 is 9.12. The molecule has 0 aliphatic heterocycles. The number of alkyl halides is 1. The lowest BCUT2D eigenvalue weighted by Crippen LogP contribution is -2.45. The highest BCUT2D eigenvalue weighted by Crippen LogP contribution is 2.46.